The van der Waals surface area contributed by atoms with Crippen LogP contribution in [-0.2, 0) is 4.79 Å². The number of rotatable bonds is 2. The number of amides is 1. The van der Waals surface area contributed by atoms with E-state index >= 15 is 0 Å². The first-order valence-electron chi connectivity index (χ1n) is 5.52. The summed E-state index contributed by atoms with van der Waals surface area (Å²) < 4.78 is 5.01. The molecule has 0 unspecified atom stereocenters. The molecule has 0 bridgehead atoms. The van der Waals surface area contributed by atoms with Crippen LogP contribution in [-0.4, -0.2) is 10.8 Å². The van der Waals surface area contributed by atoms with E-state index in [2.05, 4.69) is 5.32 Å². The number of benzene rings is 1. The Hall–Kier alpha value is -2.89. The second-order valence-electron chi connectivity index (χ2n) is 3.99. The molecule has 0 spiro atoms. The van der Waals surface area contributed by atoms with Crippen molar-refractivity contribution in [3.63, 3.8) is 0 Å². The van der Waals surface area contributed by atoms with Gasteiger partial charge in [-0.25, -0.2) is 0 Å². The number of furan rings is 1. The molecule has 1 aromatic heterocycles. The SMILES string of the molecule is O=C1Nc2ccccc2/C1=C/c1ccc([N+](=O)[O-])o1. The van der Waals surface area contributed by atoms with Gasteiger partial charge >= 0.3 is 5.88 Å². The summed E-state index contributed by atoms with van der Waals surface area (Å²) in [6.45, 7) is 0. The van der Waals surface area contributed by atoms with Gasteiger partial charge in [0.15, 0.2) is 0 Å². The molecule has 0 saturated carbocycles. The van der Waals surface area contributed by atoms with Gasteiger partial charge in [-0.05, 0) is 18.2 Å². The van der Waals surface area contributed by atoms with Gasteiger partial charge in [0, 0.05) is 11.3 Å². The predicted octanol–water partition coefficient (Wildman–Crippen LogP) is 2.68. The summed E-state index contributed by atoms with van der Waals surface area (Å²) in [4.78, 5) is 21.7. The number of para-hydroxylation sites is 1. The third-order valence-corrected chi connectivity index (χ3v) is 2.79. The number of nitrogens with one attached hydrogen (secondary N) is 1. The summed E-state index contributed by atoms with van der Waals surface area (Å²) in [6.07, 6.45) is 1.49. The number of nitrogens with zero attached hydrogens (tertiary/aromatic N) is 1. The Labute approximate surface area is 107 Å². The van der Waals surface area contributed by atoms with Crippen LogP contribution in [0.1, 0.15) is 11.3 Å². The maximum Gasteiger partial charge on any atom is 0.433 e. The summed E-state index contributed by atoms with van der Waals surface area (Å²) >= 11 is 0. The fourth-order valence-corrected chi connectivity index (χ4v) is 1.94. The van der Waals surface area contributed by atoms with Crippen molar-refractivity contribution < 1.29 is 14.1 Å². The summed E-state index contributed by atoms with van der Waals surface area (Å²) in [7, 11) is 0. The molecule has 1 N–H and O–H groups in total. The quantitative estimate of drug-likeness (QED) is 0.508. The first kappa shape index (κ1) is 11.2. The summed E-state index contributed by atoms with van der Waals surface area (Å²) in [6, 6.07) is 9.94. The number of carbonyl (C=O) groups is 1. The Morgan fingerprint density at radius 1 is 1.21 bits per heavy atom. The van der Waals surface area contributed by atoms with E-state index in [0.29, 0.717) is 5.57 Å². The summed E-state index contributed by atoms with van der Waals surface area (Å²) in [5, 5.41) is 13.2. The number of hydrogen-bond donors (Lipinski definition) is 1. The lowest BCUT2D eigenvalue weighted by atomic mass is 10.1. The van der Waals surface area contributed by atoms with E-state index in [-0.39, 0.29) is 17.6 Å². The minimum Gasteiger partial charge on any atom is -0.401 e. The van der Waals surface area contributed by atoms with E-state index in [1.807, 2.05) is 12.1 Å². The van der Waals surface area contributed by atoms with Crippen molar-refractivity contribution in [2.45, 2.75) is 0 Å². The maximum atomic E-state index is 11.8. The molecule has 1 aliphatic rings. The number of fused-ring (bicyclic) bond motifs is 1. The fraction of sp³-hybridized carbons (Fsp3) is 0. The fourth-order valence-electron chi connectivity index (χ4n) is 1.94. The maximum absolute atomic E-state index is 11.8. The first-order valence-corrected chi connectivity index (χ1v) is 5.52. The van der Waals surface area contributed by atoms with Gasteiger partial charge in [0.1, 0.15) is 10.7 Å². The van der Waals surface area contributed by atoms with Gasteiger partial charge in [0.2, 0.25) is 0 Å². The smallest absolute Gasteiger partial charge is 0.401 e. The zero-order chi connectivity index (χ0) is 13.4. The largest absolute Gasteiger partial charge is 0.433 e. The minimum absolute atomic E-state index is 0.250. The van der Waals surface area contributed by atoms with Crippen LogP contribution in [0.15, 0.2) is 40.8 Å². The zero-order valence-corrected chi connectivity index (χ0v) is 9.62. The predicted molar refractivity (Wildman–Crippen MR) is 68.3 cm³/mol. The highest BCUT2D eigenvalue weighted by Crippen LogP contribution is 2.33. The van der Waals surface area contributed by atoms with Crippen LogP contribution in [0.3, 0.4) is 0 Å². The van der Waals surface area contributed by atoms with E-state index in [1.165, 1.54) is 18.2 Å². The standard InChI is InChI=1S/C13H8N2O4/c16-13-10(9-3-1-2-4-11(9)14-13)7-8-5-6-12(19-8)15(17)18/h1-7H,(H,14,16)/b10-7-. The Balaban J connectivity index is 2.03. The second kappa shape index (κ2) is 4.09. The molecular weight excluding hydrogens is 248 g/mol. The number of anilines is 1. The van der Waals surface area contributed by atoms with Crippen LogP contribution in [0.2, 0.25) is 0 Å². The Kier molecular flexibility index (Phi) is 2.42. The van der Waals surface area contributed by atoms with E-state index in [1.54, 1.807) is 12.1 Å². The van der Waals surface area contributed by atoms with Crippen LogP contribution in [0.4, 0.5) is 11.6 Å². The van der Waals surface area contributed by atoms with Crippen molar-refractivity contribution in [1.82, 2.24) is 0 Å². The number of carbonyl (C=O) groups excluding carboxylic acids is 1. The molecule has 1 aliphatic heterocycles. The van der Waals surface area contributed by atoms with Crippen molar-refractivity contribution in [3.05, 3.63) is 57.8 Å². The van der Waals surface area contributed by atoms with Crippen molar-refractivity contribution in [2.24, 2.45) is 0 Å². The van der Waals surface area contributed by atoms with Gasteiger partial charge in [0.25, 0.3) is 5.91 Å². The van der Waals surface area contributed by atoms with Crippen LogP contribution in [0, 0.1) is 10.1 Å². The Bertz CT molecular complexity index is 715. The van der Waals surface area contributed by atoms with Crippen LogP contribution < -0.4 is 5.32 Å². The van der Waals surface area contributed by atoms with E-state index in [4.69, 9.17) is 4.42 Å². The first-order chi connectivity index (χ1) is 9.15. The molecule has 0 aliphatic carbocycles. The average Bonchev–Trinajstić information content (AvgIpc) is 2.96. The summed E-state index contributed by atoms with van der Waals surface area (Å²) in [5.74, 6) is -0.327. The van der Waals surface area contributed by atoms with Crippen molar-refractivity contribution >= 4 is 29.1 Å². The lowest BCUT2D eigenvalue weighted by Gasteiger charge is -1.95. The van der Waals surface area contributed by atoms with Crippen LogP contribution in [0.25, 0.3) is 11.6 Å². The van der Waals surface area contributed by atoms with Gasteiger partial charge in [-0.1, -0.05) is 18.2 Å². The third kappa shape index (κ3) is 1.89. The molecule has 2 heterocycles. The summed E-state index contributed by atoms with van der Waals surface area (Å²) in [5.41, 5.74) is 1.91. The van der Waals surface area contributed by atoms with Crippen LogP contribution in [0.5, 0.6) is 0 Å². The van der Waals surface area contributed by atoms with Gasteiger partial charge in [-0.15, -0.1) is 0 Å². The van der Waals surface area contributed by atoms with Gasteiger partial charge in [0.05, 0.1) is 11.6 Å². The molecule has 6 heteroatoms. The van der Waals surface area contributed by atoms with Crippen LogP contribution >= 0.6 is 0 Å². The molecule has 94 valence electrons. The number of nitro groups is 1. The second-order valence-corrected chi connectivity index (χ2v) is 3.99. The molecule has 1 amide bonds. The average molecular weight is 256 g/mol. The van der Waals surface area contributed by atoms with E-state index in [0.717, 1.165) is 11.3 Å². The highest BCUT2D eigenvalue weighted by Gasteiger charge is 2.24. The molecule has 0 atom stereocenters. The Morgan fingerprint density at radius 2 is 2.00 bits per heavy atom. The molecule has 19 heavy (non-hydrogen) atoms. The van der Waals surface area contributed by atoms with Gasteiger partial charge in [-0.2, -0.15) is 0 Å². The monoisotopic (exact) mass is 256 g/mol. The molecule has 6 nitrogen and oxygen atoms in total. The molecule has 1 aromatic carbocycles. The highest BCUT2D eigenvalue weighted by atomic mass is 16.6. The Morgan fingerprint density at radius 3 is 2.74 bits per heavy atom. The third-order valence-electron chi connectivity index (χ3n) is 2.79. The number of hydrogen-bond acceptors (Lipinski definition) is 4. The molecule has 0 radical (unpaired) electrons. The molecular formula is C13H8N2O4. The zero-order valence-electron chi connectivity index (χ0n) is 9.62. The molecule has 0 fully saturated rings. The van der Waals surface area contributed by atoms with E-state index in [9.17, 15) is 14.9 Å². The topological polar surface area (TPSA) is 85.4 Å². The molecule has 3 rings (SSSR count). The van der Waals surface area contributed by atoms with Gasteiger partial charge in [-0.3, -0.25) is 14.9 Å². The minimum atomic E-state index is -0.620. The lowest BCUT2D eigenvalue weighted by Crippen LogP contribution is -2.03. The normalized spacial score (nSPS) is 15.4. The lowest BCUT2D eigenvalue weighted by molar-refractivity contribution is -0.402. The van der Waals surface area contributed by atoms with Gasteiger partial charge < -0.3 is 9.73 Å². The van der Waals surface area contributed by atoms with Crippen molar-refractivity contribution in [3.8, 4) is 0 Å². The van der Waals surface area contributed by atoms with E-state index < -0.39 is 4.92 Å². The van der Waals surface area contributed by atoms with Crippen molar-refractivity contribution in [1.29, 1.82) is 0 Å². The molecule has 0 saturated heterocycles. The van der Waals surface area contributed by atoms with Crippen molar-refractivity contribution in [2.75, 3.05) is 5.32 Å². The highest BCUT2D eigenvalue weighted by molar-refractivity contribution is 6.34. The molecule has 2 aromatic rings.